The van der Waals surface area contributed by atoms with Crippen LogP contribution in [0.25, 0.3) is 0 Å². The maximum atomic E-state index is 3.74. The summed E-state index contributed by atoms with van der Waals surface area (Å²) in [5, 5.41) is 3.74. The minimum atomic E-state index is 0.833. The topological polar surface area (TPSA) is 12.0 Å². The predicted molar refractivity (Wildman–Crippen MR) is 56.7 cm³/mol. The Kier molecular flexibility index (Phi) is 2.92. The Hall–Kier alpha value is -0.0400. The van der Waals surface area contributed by atoms with Gasteiger partial charge in [-0.05, 0) is 56.4 Å². The molecule has 76 valence electrons. The van der Waals surface area contributed by atoms with Gasteiger partial charge in [0.05, 0.1) is 0 Å². The van der Waals surface area contributed by atoms with E-state index in [9.17, 15) is 0 Å². The van der Waals surface area contributed by atoms with Crippen molar-refractivity contribution < 1.29 is 0 Å². The summed E-state index contributed by atoms with van der Waals surface area (Å²) in [6, 6.07) is 0.833. The minimum absolute atomic E-state index is 0.833. The lowest BCUT2D eigenvalue weighted by molar-refractivity contribution is 0.238. The largest absolute Gasteiger partial charge is 0.314 e. The third kappa shape index (κ3) is 2.98. The average Bonchev–Trinajstić information content (AvgIpc) is 2.81. The third-order valence-electron chi connectivity index (χ3n) is 3.57. The van der Waals surface area contributed by atoms with Crippen LogP contribution in [0.4, 0.5) is 0 Å². The summed E-state index contributed by atoms with van der Waals surface area (Å²) >= 11 is 0. The molecule has 0 aliphatic heterocycles. The van der Waals surface area contributed by atoms with E-state index in [1.54, 1.807) is 0 Å². The van der Waals surface area contributed by atoms with Crippen LogP contribution in [-0.2, 0) is 0 Å². The molecule has 2 rings (SSSR count). The molecule has 2 aliphatic rings. The Balaban J connectivity index is 1.70. The highest BCUT2D eigenvalue weighted by Gasteiger charge is 2.26. The van der Waals surface area contributed by atoms with Gasteiger partial charge in [-0.1, -0.05) is 13.8 Å². The normalized spacial score (nSPS) is 40.6. The van der Waals surface area contributed by atoms with Crippen LogP contribution in [0.5, 0.6) is 0 Å². The van der Waals surface area contributed by atoms with Crippen molar-refractivity contribution in [1.29, 1.82) is 0 Å². The first kappa shape index (κ1) is 9.51. The second-order valence-corrected chi connectivity index (χ2v) is 5.47. The molecule has 2 aliphatic carbocycles. The molecule has 0 aromatic heterocycles. The van der Waals surface area contributed by atoms with Crippen LogP contribution < -0.4 is 5.32 Å². The van der Waals surface area contributed by atoms with Gasteiger partial charge in [0.25, 0.3) is 0 Å². The minimum Gasteiger partial charge on any atom is -0.314 e. The number of hydrogen-bond donors (Lipinski definition) is 1. The van der Waals surface area contributed by atoms with E-state index in [-0.39, 0.29) is 0 Å². The highest BCUT2D eigenvalue weighted by molar-refractivity contribution is 4.83. The smallest absolute Gasteiger partial charge is 0.00722 e. The standard InChI is InChI=1S/C12H23N/c1-9-5-10(2)7-12(6-9)13-8-11-3-4-11/h9-13H,3-8H2,1-2H3. The molecular formula is C12H23N. The lowest BCUT2D eigenvalue weighted by atomic mass is 9.80. The molecule has 1 nitrogen and oxygen atoms in total. The summed E-state index contributed by atoms with van der Waals surface area (Å²) in [5.41, 5.74) is 0. The summed E-state index contributed by atoms with van der Waals surface area (Å²) in [5.74, 6) is 2.92. The van der Waals surface area contributed by atoms with Crippen LogP contribution in [0, 0.1) is 17.8 Å². The first-order valence-corrected chi connectivity index (χ1v) is 5.97. The van der Waals surface area contributed by atoms with E-state index in [2.05, 4.69) is 19.2 Å². The van der Waals surface area contributed by atoms with Crippen LogP contribution in [0.15, 0.2) is 0 Å². The van der Waals surface area contributed by atoms with Gasteiger partial charge in [0.1, 0.15) is 0 Å². The molecule has 2 fully saturated rings. The highest BCUT2D eigenvalue weighted by atomic mass is 14.9. The van der Waals surface area contributed by atoms with Gasteiger partial charge in [0.2, 0.25) is 0 Å². The fraction of sp³-hybridized carbons (Fsp3) is 1.00. The molecule has 1 heteroatoms. The molecule has 0 aromatic rings. The molecule has 0 saturated heterocycles. The lowest BCUT2D eigenvalue weighted by Gasteiger charge is -2.32. The van der Waals surface area contributed by atoms with Crippen molar-refractivity contribution in [3.8, 4) is 0 Å². The zero-order chi connectivity index (χ0) is 9.26. The molecule has 2 atom stereocenters. The van der Waals surface area contributed by atoms with Crippen LogP contribution >= 0.6 is 0 Å². The first-order chi connectivity index (χ1) is 6.24. The predicted octanol–water partition coefficient (Wildman–Crippen LogP) is 2.81. The molecule has 2 unspecified atom stereocenters. The van der Waals surface area contributed by atoms with Gasteiger partial charge in [0, 0.05) is 6.04 Å². The van der Waals surface area contributed by atoms with Crippen molar-refractivity contribution in [2.24, 2.45) is 17.8 Å². The van der Waals surface area contributed by atoms with Crippen molar-refractivity contribution in [3.63, 3.8) is 0 Å². The third-order valence-corrected chi connectivity index (χ3v) is 3.57. The second kappa shape index (κ2) is 4.00. The molecule has 0 amide bonds. The van der Waals surface area contributed by atoms with E-state index in [4.69, 9.17) is 0 Å². The summed E-state index contributed by atoms with van der Waals surface area (Å²) in [7, 11) is 0. The van der Waals surface area contributed by atoms with Gasteiger partial charge >= 0.3 is 0 Å². The zero-order valence-corrected chi connectivity index (χ0v) is 9.05. The van der Waals surface area contributed by atoms with E-state index in [0.29, 0.717) is 0 Å². The Labute approximate surface area is 82.3 Å². The summed E-state index contributed by atoms with van der Waals surface area (Å²) in [6.07, 6.45) is 7.23. The van der Waals surface area contributed by atoms with Gasteiger partial charge < -0.3 is 5.32 Å². The number of nitrogens with one attached hydrogen (secondary N) is 1. The fourth-order valence-corrected chi connectivity index (χ4v) is 2.77. The van der Waals surface area contributed by atoms with E-state index >= 15 is 0 Å². The van der Waals surface area contributed by atoms with Crippen LogP contribution in [0.1, 0.15) is 46.0 Å². The Morgan fingerprint density at radius 1 is 1.00 bits per heavy atom. The molecular weight excluding hydrogens is 158 g/mol. The zero-order valence-electron chi connectivity index (χ0n) is 9.05. The monoisotopic (exact) mass is 181 g/mol. The summed E-state index contributed by atoms with van der Waals surface area (Å²) < 4.78 is 0. The van der Waals surface area contributed by atoms with Crippen molar-refractivity contribution in [2.75, 3.05) is 6.54 Å². The molecule has 1 N–H and O–H groups in total. The Morgan fingerprint density at radius 2 is 1.62 bits per heavy atom. The maximum Gasteiger partial charge on any atom is 0.00722 e. The molecule has 0 radical (unpaired) electrons. The van der Waals surface area contributed by atoms with Crippen LogP contribution in [0.2, 0.25) is 0 Å². The Morgan fingerprint density at radius 3 is 2.15 bits per heavy atom. The van der Waals surface area contributed by atoms with E-state index in [1.165, 1.54) is 38.6 Å². The quantitative estimate of drug-likeness (QED) is 0.706. The first-order valence-electron chi connectivity index (χ1n) is 5.97. The van der Waals surface area contributed by atoms with E-state index < -0.39 is 0 Å². The second-order valence-electron chi connectivity index (χ2n) is 5.47. The molecule has 0 spiro atoms. The lowest BCUT2D eigenvalue weighted by Crippen LogP contribution is -2.37. The molecule has 0 heterocycles. The van der Waals surface area contributed by atoms with Gasteiger partial charge in [-0.3, -0.25) is 0 Å². The molecule has 0 bridgehead atoms. The van der Waals surface area contributed by atoms with Crippen molar-refractivity contribution in [1.82, 2.24) is 5.32 Å². The SMILES string of the molecule is CC1CC(C)CC(NCC2CC2)C1. The summed E-state index contributed by atoms with van der Waals surface area (Å²) in [6.45, 7) is 6.10. The molecule has 13 heavy (non-hydrogen) atoms. The van der Waals surface area contributed by atoms with Crippen LogP contribution in [0.3, 0.4) is 0 Å². The van der Waals surface area contributed by atoms with Crippen molar-refractivity contribution in [3.05, 3.63) is 0 Å². The number of rotatable bonds is 3. The van der Waals surface area contributed by atoms with Crippen molar-refractivity contribution in [2.45, 2.75) is 52.0 Å². The summed E-state index contributed by atoms with van der Waals surface area (Å²) in [4.78, 5) is 0. The average molecular weight is 181 g/mol. The molecule has 2 saturated carbocycles. The van der Waals surface area contributed by atoms with Crippen molar-refractivity contribution >= 4 is 0 Å². The van der Waals surface area contributed by atoms with Crippen LogP contribution in [-0.4, -0.2) is 12.6 Å². The van der Waals surface area contributed by atoms with Gasteiger partial charge in [-0.2, -0.15) is 0 Å². The van der Waals surface area contributed by atoms with E-state index in [1.807, 2.05) is 0 Å². The fourth-order valence-electron chi connectivity index (χ4n) is 2.77. The van der Waals surface area contributed by atoms with Gasteiger partial charge in [-0.25, -0.2) is 0 Å². The maximum absolute atomic E-state index is 3.74. The highest BCUT2D eigenvalue weighted by Crippen LogP contribution is 2.31. The van der Waals surface area contributed by atoms with Gasteiger partial charge in [0.15, 0.2) is 0 Å². The van der Waals surface area contributed by atoms with E-state index in [0.717, 1.165) is 23.8 Å². The number of hydrogen-bond acceptors (Lipinski definition) is 1. The van der Waals surface area contributed by atoms with Gasteiger partial charge in [-0.15, -0.1) is 0 Å². The Bertz CT molecular complexity index is 153. The molecule has 0 aromatic carbocycles.